The van der Waals surface area contributed by atoms with Gasteiger partial charge in [-0.2, -0.15) is 0 Å². The third-order valence-corrected chi connectivity index (χ3v) is 3.38. The van der Waals surface area contributed by atoms with Gasteiger partial charge in [-0.05, 0) is 32.4 Å². The Balaban J connectivity index is 1.85. The number of likely N-dealkylation sites (tertiary alicyclic amines) is 1. The van der Waals surface area contributed by atoms with E-state index in [1.165, 1.54) is 13.0 Å². The largest absolute Gasteiger partial charge is 0.449 e. The fraction of sp³-hybridized carbons (Fsp3) is 0.769. The number of rotatable bonds is 5. The van der Waals surface area contributed by atoms with Crippen LogP contribution in [-0.2, 0) is 12.8 Å². The summed E-state index contributed by atoms with van der Waals surface area (Å²) in [5.41, 5.74) is 0.861. The number of aliphatic hydroxyl groups is 1. The van der Waals surface area contributed by atoms with E-state index in [4.69, 9.17) is 4.42 Å². The van der Waals surface area contributed by atoms with Crippen LogP contribution in [0, 0.1) is 5.92 Å². The molecule has 0 aromatic carbocycles. The van der Waals surface area contributed by atoms with Gasteiger partial charge < -0.3 is 14.4 Å². The summed E-state index contributed by atoms with van der Waals surface area (Å²) in [5, 5.41) is 9.28. The van der Waals surface area contributed by atoms with Crippen molar-refractivity contribution in [1.82, 2.24) is 9.88 Å². The quantitative estimate of drug-likeness (QED) is 0.844. The summed E-state index contributed by atoms with van der Waals surface area (Å²) in [5.74, 6) is 1.50. The van der Waals surface area contributed by atoms with E-state index in [0.29, 0.717) is 12.3 Å². The van der Waals surface area contributed by atoms with E-state index in [9.17, 15) is 5.11 Å². The zero-order chi connectivity index (χ0) is 12.3. The van der Waals surface area contributed by atoms with Crippen LogP contribution >= 0.6 is 0 Å². The van der Waals surface area contributed by atoms with Gasteiger partial charge in [0.25, 0.3) is 0 Å². The van der Waals surface area contributed by atoms with Gasteiger partial charge in [0.05, 0.1) is 11.8 Å². The summed E-state index contributed by atoms with van der Waals surface area (Å²) < 4.78 is 5.46. The normalized spacial score (nSPS) is 23.1. The van der Waals surface area contributed by atoms with Gasteiger partial charge in [-0.1, -0.05) is 6.92 Å². The molecule has 4 nitrogen and oxygen atoms in total. The third-order valence-electron chi connectivity index (χ3n) is 3.38. The average Bonchev–Trinajstić information content (AvgIpc) is 2.88. The molecule has 2 atom stereocenters. The van der Waals surface area contributed by atoms with E-state index < -0.39 is 0 Å². The molecule has 2 heterocycles. The van der Waals surface area contributed by atoms with Crippen molar-refractivity contribution in [2.45, 2.75) is 39.2 Å². The van der Waals surface area contributed by atoms with Crippen LogP contribution in [0.4, 0.5) is 0 Å². The Morgan fingerprint density at radius 3 is 3.12 bits per heavy atom. The summed E-state index contributed by atoms with van der Waals surface area (Å²) in [6.07, 6.45) is 4.07. The van der Waals surface area contributed by atoms with Crippen LogP contribution in [0.15, 0.2) is 10.7 Å². The van der Waals surface area contributed by atoms with Crippen molar-refractivity contribution in [3.63, 3.8) is 0 Å². The number of nitrogens with zero attached hydrogens (tertiary/aromatic N) is 2. The third kappa shape index (κ3) is 3.54. The smallest absolute Gasteiger partial charge is 0.194 e. The molecule has 0 aliphatic carbocycles. The molecule has 1 aliphatic heterocycles. The van der Waals surface area contributed by atoms with Gasteiger partial charge in [0.15, 0.2) is 5.89 Å². The van der Waals surface area contributed by atoms with Gasteiger partial charge in [-0.25, -0.2) is 4.98 Å². The number of aliphatic hydroxyl groups excluding tert-OH is 1. The lowest BCUT2D eigenvalue weighted by Gasteiger charge is -2.11. The molecule has 96 valence electrons. The van der Waals surface area contributed by atoms with Crippen LogP contribution in [0.3, 0.4) is 0 Å². The fourth-order valence-corrected chi connectivity index (χ4v) is 2.45. The minimum Gasteiger partial charge on any atom is -0.449 e. The van der Waals surface area contributed by atoms with Crippen LogP contribution in [0.5, 0.6) is 0 Å². The van der Waals surface area contributed by atoms with E-state index in [1.807, 2.05) is 0 Å². The molecular weight excluding hydrogens is 216 g/mol. The lowest BCUT2D eigenvalue weighted by atomic mass is 10.1. The van der Waals surface area contributed by atoms with E-state index >= 15 is 0 Å². The van der Waals surface area contributed by atoms with Crippen LogP contribution in [0.25, 0.3) is 0 Å². The zero-order valence-electron chi connectivity index (χ0n) is 10.7. The molecule has 1 aromatic rings. The fourth-order valence-electron chi connectivity index (χ4n) is 2.45. The first-order chi connectivity index (χ1) is 8.17. The van der Waals surface area contributed by atoms with Gasteiger partial charge >= 0.3 is 0 Å². The van der Waals surface area contributed by atoms with Crippen LogP contribution in [-0.4, -0.2) is 40.7 Å². The summed E-state index contributed by atoms with van der Waals surface area (Å²) in [6, 6.07) is 0. The highest BCUT2D eigenvalue weighted by atomic mass is 16.3. The minimum absolute atomic E-state index is 0.352. The van der Waals surface area contributed by atoms with E-state index in [2.05, 4.69) is 16.8 Å². The minimum atomic E-state index is -0.352. The molecule has 0 spiro atoms. The van der Waals surface area contributed by atoms with Gasteiger partial charge in [0.1, 0.15) is 6.26 Å². The van der Waals surface area contributed by atoms with Crippen LogP contribution < -0.4 is 0 Å². The maximum Gasteiger partial charge on any atom is 0.194 e. The SMILES string of the molecule is CCN1CCC(Cc2nc(CC(C)O)co2)C1. The maximum absolute atomic E-state index is 9.28. The predicted octanol–water partition coefficient (Wildman–Crippen LogP) is 1.48. The Kier molecular flexibility index (Phi) is 4.18. The van der Waals surface area contributed by atoms with Gasteiger partial charge in [-0.3, -0.25) is 0 Å². The number of oxazole rings is 1. The summed E-state index contributed by atoms with van der Waals surface area (Å²) >= 11 is 0. The van der Waals surface area contributed by atoms with E-state index in [1.54, 1.807) is 13.2 Å². The average molecular weight is 238 g/mol. The highest BCUT2D eigenvalue weighted by molar-refractivity contribution is 4.99. The summed E-state index contributed by atoms with van der Waals surface area (Å²) in [6.45, 7) is 7.46. The van der Waals surface area contributed by atoms with Crippen molar-refractivity contribution >= 4 is 0 Å². The van der Waals surface area contributed by atoms with Crippen LogP contribution in [0.2, 0.25) is 0 Å². The van der Waals surface area contributed by atoms with Gasteiger partial charge in [0.2, 0.25) is 0 Å². The highest BCUT2D eigenvalue weighted by Crippen LogP contribution is 2.20. The van der Waals surface area contributed by atoms with Crippen molar-refractivity contribution in [2.24, 2.45) is 5.92 Å². The Hall–Kier alpha value is -0.870. The van der Waals surface area contributed by atoms with E-state index in [0.717, 1.165) is 31.1 Å². The number of aromatic nitrogens is 1. The number of hydrogen-bond acceptors (Lipinski definition) is 4. The van der Waals surface area contributed by atoms with Gasteiger partial charge in [-0.15, -0.1) is 0 Å². The van der Waals surface area contributed by atoms with E-state index in [-0.39, 0.29) is 6.10 Å². The Labute approximate surface area is 103 Å². The van der Waals surface area contributed by atoms with Crippen molar-refractivity contribution < 1.29 is 9.52 Å². The molecule has 2 unspecified atom stereocenters. The molecule has 4 heteroatoms. The molecule has 1 saturated heterocycles. The highest BCUT2D eigenvalue weighted by Gasteiger charge is 2.23. The first-order valence-electron chi connectivity index (χ1n) is 6.51. The van der Waals surface area contributed by atoms with Crippen molar-refractivity contribution in [3.8, 4) is 0 Å². The maximum atomic E-state index is 9.28. The first kappa shape index (κ1) is 12.6. The van der Waals surface area contributed by atoms with Crippen molar-refractivity contribution in [3.05, 3.63) is 17.8 Å². The molecule has 1 aliphatic rings. The molecule has 1 aromatic heterocycles. The molecule has 17 heavy (non-hydrogen) atoms. The standard InChI is InChI=1S/C13H22N2O2/c1-3-15-5-4-11(8-15)7-13-14-12(9-17-13)6-10(2)16/h9-11,16H,3-8H2,1-2H3. The second kappa shape index (κ2) is 5.65. The molecule has 2 rings (SSSR count). The second-order valence-corrected chi connectivity index (χ2v) is 5.04. The molecule has 1 N–H and O–H groups in total. The Morgan fingerprint density at radius 2 is 2.47 bits per heavy atom. The monoisotopic (exact) mass is 238 g/mol. The Bertz CT molecular complexity index is 349. The molecule has 0 radical (unpaired) electrons. The molecular formula is C13H22N2O2. The molecule has 0 amide bonds. The lowest BCUT2D eigenvalue weighted by Crippen LogP contribution is -2.20. The zero-order valence-corrected chi connectivity index (χ0v) is 10.7. The van der Waals surface area contributed by atoms with Crippen molar-refractivity contribution in [2.75, 3.05) is 19.6 Å². The summed E-state index contributed by atoms with van der Waals surface area (Å²) in [4.78, 5) is 6.88. The van der Waals surface area contributed by atoms with Gasteiger partial charge in [0, 0.05) is 19.4 Å². The topological polar surface area (TPSA) is 49.5 Å². The molecule has 0 saturated carbocycles. The predicted molar refractivity (Wildman–Crippen MR) is 65.8 cm³/mol. The first-order valence-corrected chi connectivity index (χ1v) is 6.51. The van der Waals surface area contributed by atoms with Crippen molar-refractivity contribution in [1.29, 1.82) is 0 Å². The number of hydrogen-bond donors (Lipinski definition) is 1. The summed E-state index contributed by atoms with van der Waals surface area (Å²) in [7, 11) is 0. The second-order valence-electron chi connectivity index (χ2n) is 5.04. The lowest BCUT2D eigenvalue weighted by molar-refractivity contribution is 0.194. The Morgan fingerprint density at radius 1 is 1.65 bits per heavy atom. The molecule has 1 fully saturated rings. The van der Waals surface area contributed by atoms with Crippen LogP contribution in [0.1, 0.15) is 31.9 Å². The molecule has 0 bridgehead atoms.